The zero-order valence-electron chi connectivity index (χ0n) is 21.5. The highest BCUT2D eigenvalue weighted by molar-refractivity contribution is 9.10. The highest BCUT2D eigenvalue weighted by Gasteiger charge is 2.32. The number of aryl methyl sites for hydroxylation is 2. The number of nitrogens with one attached hydrogen (secondary N) is 1. The second-order valence-corrected chi connectivity index (χ2v) is 11.2. The first-order valence-electron chi connectivity index (χ1n) is 12.2. The number of halogens is 1. The Bertz CT molecular complexity index is 1250. The van der Waals surface area contributed by atoms with Crippen LogP contribution in [0, 0.1) is 13.8 Å². The van der Waals surface area contributed by atoms with Gasteiger partial charge in [0, 0.05) is 29.2 Å². The molecule has 1 aromatic heterocycles. The van der Waals surface area contributed by atoms with E-state index < -0.39 is 5.60 Å². The predicted octanol–water partition coefficient (Wildman–Crippen LogP) is 6.62. The number of carbonyl (C=O) groups is 2. The largest absolute Gasteiger partial charge is 0.444 e. The lowest BCUT2D eigenvalue weighted by atomic mass is 9.90. The maximum atomic E-state index is 13.4. The molecule has 4 rings (SSSR count). The molecule has 0 unspecified atom stereocenters. The van der Waals surface area contributed by atoms with E-state index in [9.17, 15) is 9.59 Å². The third-order valence-electron chi connectivity index (χ3n) is 6.28. The van der Waals surface area contributed by atoms with E-state index in [2.05, 4.69) is 26.3 Å². The molecular weight excluding hydrogens is 520 g/mol. The fraction of sp³-hybridized carbons (Fsp3) is 0.393. The van der Waals surface area contributed by atoms with E-state index in [4.69, 9.17) is 4.74 Å². The van der Waals surface area contributed by atoms with Crippen molar-refractivity contribution in [2.24, 2.45) is 0 Å². The molecule has 190 valence electrons. The van der Waals surface area contributed by atoms with Crippen LogP contribution in [0.25, 0.3) is 5.69 Å². The van der Waals surface area contributed by atoms with Crippen molar-refractivity contribution < 1.29 is 14.3 Å². The molecule has 3 aromatic rings. The van der Waals surface area contributed by atoms with Crippen LogP contribution in [0.15, 0.2) is 53.1 Å². The van der Waals surface area contributed by atoms with E-state index in [1.165, 1.54) is 0 Å². The van der Waals surface area contributed by atoms with E-state index in [0.717, 1.165) is 32.7 Å². The Kier molecular flexibility index (Phi) is 7.54. The van der Waals surface area contributed by atoms with Crippen molar-refractivity contribution >= 4 is 33.6 Å². The van der Waals surface area contributed by atoms with Gasteiger partial charge in [0.05, 0.1) is 23.1 Å². The number of anilines is 1. The van der Waals surface area contributed by atoms with Gasteiger partial charge in [0.25, 0.3) is 5.91 Å². The van der Waals surface area contributed by atoms with Gasteiger partial charge >= 0.3 is 6.09 Å². The number of carbonyl (C=O) groups excluding carboxylic acids is 2. The molecule has 1 N–H and O–H groups in total. The van der Waals surface area contributed by atoms with Gasteiger partial charge in [-0.1, -0.05) is 33.6 Å². The summed E-state index contributed by atoms with van der Waals surface area (Å²) >= 11 is 3.51. The number of hydrogen-bond acceptors (Lipinski definition) is 4. The molecule has 36 heavy (non-hydrogen) atoms. The number of rotatable bonds is 4. The van der Waals surface area contributed by atoms with Gasteiger partial charge in [0.2, 0.25) is 0 Å². The molecule has 0 atom stereocenters. The summed E-state index contributed by atoms with van der Waals surface area (Å²) in [5, 5.41) is 7.67. The molecule has 0 saturated carbocycles. The Balaban J connectivity index is 1.61. The van der Waals surface area contributed by atoms with Gasteiger partial charge in [0.1, 0.15) is 5.60 Å². The Hall–Kier alpha value is -3.13. The molecule has 1 fully saturated rings. The number of hydrogen-bond donors (Lipinski definition) is 1. The summed E-state index contributed by atoms with van der Waals surface area (Å²) in [4.78, 5) is 27.8. The minimum Gasteiger partial charge on any atom is -0.444 e. The van der Waals surface area contributed by atoms with Gasteiger partial charge in [-0.2, -0.15) is 5.10 Å². The first-order chi connectivity index (χ1) is 17.0. The standard InChI is InChI=1S/C28H33BrN4O3/c1-18-6-9-22(10-7-18)33-25(20-12-14-32(15-13-20)27(35)36-28(3,4)5)23(17-30-33)26(34)31-21-8-11-24(29)19(2)16-21/h6-11,16-17,20H,12-15H2,1-5H3,(H,31,34). The van der Waals surface area contributed by atoms with Crippen molar-refractivity contribution in [3.63, 3.8) is 0 Å². The van der Waals surface area contributed by atoms with Gasteiger partial charge in [-0.25, -0.2) is 9.48 Å². The lowest BCUT2D eigenvalue weighted by molar-refractivity contribution is 0.0203. The molecule has 8 heteroatoms. The second-order valence-electron chi connectivity index (χ2n) is 10.4. The fourth-order valence-corrected chi connectivity index (χ4v) is 4.65. The van der Waals surface area contributed by atoms with E-state index in [0.29, 0.717) is 31.5 Å². The first-order valence-corrected chi connectivity index (χ1v) is 13.0. The average Bonchev–Trinajstić information content (AvgIpc) is 3.26. The highest BCUT2D eigenvalue weighted by atomic mass is 79.9. The van der Waals surface area contributed by atoms with Crippen molar-refractivity contribution in [3.8, 4) is 5.69 Å². The number of aromatic nitrogens is 2. The highest BCUT2D eigenvalue weighted by Crippen LogP contribution is 2.33. The molecule has 1 aliphatic heterocycles. The summed E-state index contributed by atoms with van der Waals surface area (Å²) in [5.41, 5.74) is 4.72. The normalized spacial score (nSPS) is 14.6. The lowest BCUT2D eigenvalue weighted by Crippen LogP contribution is -2.41. The molecule has 1 aliphatic rings. The molecule has 0 radical (unpaired) electrons. The minimum atomic E-state index is -0.533. The number of likely N-dealkylation sites (tertiary alicyclic amines) is 1. The van der Waals surface area contributed by atoms with Crippen molar-refractivity contribution in [2.45, 2.75) is 59.0 Å². The molecule has 7 nitrogen and oxygen atoms in total. The number of ether oxygens (including phenoxy) is 1. The maximum absolute atomic E-state index is 13.4. The van der Waals surface area contributed by atoms with E-state index >= 15 is 0 Å². The van der Waals surface area contributed by atoms with Crippen LogP contribution in [-0.4, -0.2) is 45.4 Å². The average molecular weight is 554 g/mol. The van der Waals surface area contributed by atoms with Crippen molar-refractivity contribution in [1.29, 1.82) is 0 Å². The zero-order valence-corrected chi connectivity index (χ0v) is 23.1. The molecular formula is C28H33BrN4O3. The van der Waals surface area contributed by atoms with Crippen LogP contribution in [-0.2, 0) is 4.74 Å². The third-order valence-corrected chi connectivity index (χ3v) is 7.17. The van der Waals surface area contributed by atoms with E-state index in [1.54, 1.807) is 11.1 Å². The number of amides is 2. The van der Waals surface area contributed by atoms with E-state index in [-0.39, 0.29) is 17.9 Å². The summed E-state index contributed by atoms with van der Waals surface area (Å²) in [5.74, 6) is -0.125. The number of benzene rings is 2. The van der Waals surface area contributed by atoms with E-state index in [1.807, 2.05) is 81.8 Å². The van der Waals surface area contributed by atoms with Crippen LogP contribution < -0.4 is 5.32 Å². The van der Waals surface area contributed by atoms with Crippen LogP contribution in [0.2, 0.25) is 0 Å². The lowest BCUT2D eigenvalue weighted by Gasteiger charge is -2.34. The fourth-order valence-electron chi connectivity index (χ4n) is 4.40. The summed E-state index contributed by atoms with van der Waals surface area (Å²) < 4.78 is 8.42. The predicted molar refractivity (Wildman–Crippen MR) is 145 cm³/mol. The summed E-state index contributed by atoms with van der Waals surface area (Å²) in [7, 11) is 0. The summed E-state index contributed by atoms with van der Waals surface area (Å²) in [6.45, 7) is 10.8. The van der Waals surface area contributed by atoms with Crippen LogP contribution in [0.4, 0.5) is 10.5 Å². The zero-order chi connectivity index (χ0) is 26.0. The van der Waals surface area contributed by atoms with Crippen molar-refractivity contribution in [1.82, 2.24) is 14.7 Å². The van der Waals surface area contributed by atoms with Crippen LogP contribution in [0.1, 0.15) is 66.7 Å². The molecule has 0 spiro atoms. The first kappa shape index (κ1) is 25.9. The topological polar surface area (TPSA) is 76.5 Å². The Morgan fingerprint density at radius 1 is 1.06 bits per heavy atom. The van der Waals surface area contributed by atoms with Crippen molar-refractivity contribution in [2.75, 3.05) is 18.4 Å². The van der Waals surface area contributed by atoms with Gasteiger partial charge in [-0.3, -0.25) is 4.79 Å². The van der Waals surface area contributed by atoms with Crippen LogP contribution in [0.3, 0.4) is 0 Å². The molecule has 2 amide bonds. The van der Waals surface area contributed by atoms with Gasteiger partial charge in [-0.05, 0) is 83.4 Å². The van der Waals surface area contributed by atoms with Crippen LogP contribution in [0.5, 0.6) is 0 Å². The monoisotopic (exact) mass is 552 g/mol. The number of piperidine rings is 1. The maximum Gasteiger partial charge on any atom is 0.410 e. The molecule has 2 heterocycles. The van der Waals surface area contributed by atoms with Gasteiger partial charge in [0.15, 0.2) is 0 Å². The molecule has 1 saturated heterocycles. The smallest absolute Gasteiger partial charge is 0.410 e. The van der Waals surface area contributed by atoms with Gasteiger partial charge in [-0.15, -0.1) is 0 Å². The summed E-state index contributed by atoms with van der Waals surface area (Å²) in [6, 6.07) is 13.8. The molecule has 0 bridgehead atoms. The Labute approximate surface area is 221 Å². The third kappa shape index (κ3) is 5.98. The van der Waals surface area contributed by atoms with Crippen molar-refractivity contribution in [3.05, 3.63) is 75.5 Å². The van der Waals surface area contributed by atoms with Gasteiger partial charge < -0.3 is 15.0 Å². The number of nitrogens with zero attached hydrogens (tertiary/aromatic N) is 3. The molecule has 0 aliphatic carbocycles. The SMILES string of the molecule is Cc1ccc(-n2ncc(C(=O)Nc3ccc(Br)c(C)c3)c2C2CCN(C(=O)OC(C)(C)C)CC2)cc1. The van der Waals surface area contributed by atoms with Crippen LogP contribution >= 0.6 is 15.9 Å². The second kappa shape index (κ2) is 10.5. The minimum absolute atomic E-state index is 0.0693. The molecule has 2 aromatic carbocycles. The quantitative estimate of drug-likeness (QED) is 0.394. The summed E-state index contributed by atoms with van der Waals surface area (Å²) in [6.07, 6.45) is 2.79. The Morgan fingerprint density at radius 2 is 1.72 bits per heavy atom. The Morgan fingerprint density at radius 3 is 2.33 bits per heavy atom.